The lowest BCUT2D eigenvalue weighted by Crippen LogP contribution is -2.25. The van der Waals surface area contributed by atoms with Crippen molar-refractivity contribution in [3.8, 4) is 11.5 Å². The number of alkyl halides is 2. The van der Waals surface area contributed by atoms with E-state index in [1.807, 2.05) is 0 Å². The second kappa shape index (κ2) is 5.46. The zero-order valence-corrected chi connectivity index (χ0v) is 11.3. The topological polar surface area (TPSA) is 30.5 Å². The van der Waals surface area contributed by atoms with Crippen LogP contribution in [0.3, 0.4) is 0 Å². The highest BCUT2D eigenvalue weighted by Crippen LogP contribution is 2.42. The van der Waals surface area contributed by atoms with Gasteiger partial charge in [-0.3, -0.25) is 0 Å². The van der Waals surface area contributed by atoms with Gasteiger partial charge in [0, 0.05) is 17.8 Å². The zero-order chi connectivity index (χ0) is 14.0. The molecule has 0 saturated heterocycles. The molecule has 1 fully saturated rings. The first-order valence-corrected chi connectivity index (χ1v) is 7.29. The first-order valence-electron chi connectivity index (χ1n) is 7.29. The number of halogens is 2. The minimum Gasteiger partial charge on any atom is -0.395 e. The predicted octanol–water partition coefficient (Wildman–Crippen LogP) is 4.53. The molecular formula is C15H19F2NO2. The van der Waals surface area contributed by atoms with Crippen molar-refractivity contribution in [1.29, 1.82) is 0 Å². The highest BCUT2D eigenvalue weighted by Gasteiger charge is 2.43. The van der Waals surface area contributed by atoms with Crippen LogP contribution in [0, 0.1) is 0 Å². The van der Waals surface area contributed by atoms with Crippen LogP contribution in [0.15, 0.2) is 18.2 Å². The Balaban J connectivity index is 1.66. The van der Waals surface area contributed by atoms with Gasteiger partial charge in [0.2, 0.25) is 0 Å². The number of rotatable bonds is 2. The van der Waals surface area contributed by atoms with E-state index in [-0.39, 0.29) is 11.5 Å². The molecule has 0 amide bonds. The number of hydrogen-bond donors (Lipinski definition) is 1. The molecule has 1 heterocycles. The van der Waals surface area contributed by atoms with Crippen molar-refractivity contribution in [2.24, 2.45) is 0 Å². The molecule has 20 heavy (non-hydrogen) atoms. The summed E-state index contributed by atoms with van der Waals surface area (Å²) in [6.45, 7) is 0. The summed E-state index contributed by atoms with van der Waals surface area (Å²) in [5.74, 6) is 0.198. The fourth-order valence-corrected chi connectivity index (χ4v) is 2.87. The van der Waals surface area contributed by atoms with Crippen LogP contribution in [-0.2, 0) is 0 Å². The molecule has 2 aliphatic rings. The van der Waals surface area contributed by atoms with Gasteiger partial charge in [-0.1, -0.05) is 32.1 Å². The summed E-state index contributed by atoms with van der Waals surface area (Å²) in [7, 11) is 0. The summed E-state index contributed by atoms with van der Waals surface area (Å²) in [5, 5.41) is 3.43. The van der Waals surface area contributed by atoms with Gasteiger partial charge in [-0.2, -0.15) is 0 Å². The smallest absolute Gasteiger partial charge is 0.395 e. The quantitative estimate of drug-likeness (QED) is 0.864. The molecule has 0 unspecified atom stereocenters. The third kappa shape index (κ3) is 3.14. The van der Waals surface area contributed by atoms with E-state index in [0.29, 0.717) is 6.04 Å². The average Bonchev–Trinajstić information content (AvgIpc) is 2.65. The van der Waals surface area contributed by atoms with Crippen molar-refractivity contribution in [3.63, 3.8) is 0 Å². The van der Waals surface area contributed by atoms with Crippen molar-refractivity contribution in [1.82, 2.24) is 0 Å². The summed E-state index contributed by atoms with van der Waals surface area (Å²) in [6.07, 6.45) is 5.06. The summed E-state index contributed by atoms with van der Waals surface area (Å²) in [5.41, 5.74) is 0.815. The van der Waals surface area contributed by atoms with Gasteiger partial charge in [0.15, 0.2) is 11.5 Å². The maximum absolute atomic E-state index is 13.0. The summed E-state index contributed by atoms with van der Waals surface area (Å²) < 4.78 is 34.8. The second-order valence-electron chi connectivity index (χ2n) is 5.52. The highest BCUT2D eigenvalue weighted by atomic mass is 19.3. The minimum absolute atomic E-state index is 0.0956. The third-order valence-electron chi connectivity index (χ3n) is 3.88. The number of hydrogen-bond acceptors (Lipinski definition) is 3. The molecule has 1 saturated carbocycles. The van der Waals surface area contributed by atoms with Gasteiger partial charge in [-0.05, 0) is 25.0 Å². The van der Waals surface area contributed by atoms with Crippen LogP contribution < -0.4 is 14.8 Å². The maximum atomic E-state index is 13.0. The number of anilines is 1. The van der Waals surface area contributed by atoms with Crippen molar-refractivity contribution < 1.29 is 18.3 Å². The third-order valence-corrected chi connectivity index (χ3v) is 3.88. The number of fused-ring (bicyclic) bond motifs is 1. The van der Waals surface area contributed by atoms with Gasteiger partial charge in [-0.15, -0.1) is 8.78 Å². The fourth-order valence-electron chi connectivity index (χ4n) is 2.87. The van der Waals surface area contributed by atoms with Gasteiger partial charge >= 0.3 is 6.29 Å². The maximum Gasteiger partial charge on any atom is 0.586 e. The van der Waals surface area contributed by atoms with E-state index >= 15 is 0 Å². The molecular weight excluding hydrogens is 264 g/mol. The van der Waals surface area contributed by atoms with Crippen LogP contribution in [0.2, 0.25) is 0 Å². The average molecular weight is 283 g/mol. The van der Waals surface area contributed by atoms with E-state index in [1.54, 1.807) is 12.1 Å². The van der Waals surface area contributed by atoms with Crippen LogP contribution in [0.4, 0.5) is 14.5 Å². The Morgan fingerprint density at radius 2 is 1.60 bits per heavy atom. The normalized spacial score (nSPS) is 22.1. The Bertz CT molecular complexity index is 471. The molecule has 3 nitrogen and oxygen atoms in total. The Hall–Kier alpha value is -1.52. The van der Waals surface area contributed by atoms with E-state index in [2.05, 4.69) is 14.8 Å². The number of ether oxygens (including phenoxy) is 2. The highest BCUT2D eigenvalue weighted by molar-refractivity contribution is 5.56. The van der Waals surface area contributed by atoms with E-state index in [9.17, 15) is 8.78 Å². The molecule has 110 valence electrons. The molecule has 0 radical (unpaired) electrons. The largest absolute Gasteiger partial charge is 0.586 e. The SMILES string of the molecule is FC1(F)Oc2ccc(NC3CCCCCCC3)cc2O1. The zero-order valence-electron chi connectivity index (χ0n) is 11.3. The van der Waals surface area contributed by atoms with Crippen LogP contribution in [0.5, 0.6) is 11.5 Å². The van der Waals surface area contributed by atoms with Crippen molar-refractivity contribution in [2.75, 3.05) is 5.32 Å². The summed E-state index contributed by atoms with van der Waals surface area (Å²) >= 11 is 0. The van der Waals surface area contributed by atoms with Crippen molar-refractivity contribution >= 4 is 5.69 Å². The van der Waals surface area contributed by atoms with E-state index < -0.39 is 6.29 Å². The Morgan fingerprint density at radius 3 is 2.35 bits per heavy atom. The van der Waals surface area contributed by atoms with Gasteiger partial charge < -0.3 is 14.8 Å². The summed E-state index contributed by atoms with van der Waals surface area (Å²) in [6, 6.07) is 5.30. The predicted molar refractivity (Wildman–Crippen MR) is 72.4 cm³/mol. The van der Waals surface area contributed by atoms with Crippen LogP contribution in [0.25, 0.3) is 0 Å². The molecule has 1 aliphatic heterocycles. The van der Waals surface area contributed by atoms with Gasteiger partial charge in [0.1, 0.15) is 0 Å². The molecule has 1 N–H and O–H groups in total. The lowest BCUT2D eigenvalue weighted by Gasteiger charge is -2.22. The van der Waals surface area contributed by atoms with Gasteiger partial charge in [0.25, 0.3) is 0 Å². The monoisotopic (exact) mass is 283 g/mol. The lowest BCUT2D eigenvalue weighted by molar-refractivity contribution is -0.286. The van der Waals surface area contributed by atoms with Gasteiger partial charge in [0.05, 0.1) is 0 Å². The Morgan fingerprint density at radius 1 is 0.950 bits per heavy atom. The first kappa shape index (κ1) is 13.5. The number of benzene rings is 1. The van der Waals surface area contributed by atoms with E-state index in [1.165, 1.54) is 38.2 Å². The lowest BCUT2D eigenvalue weighted by atomic mass is 9.96. The van der Waals surface area contributed by atoms with Crippen LogP contribution in [0.1, 0.15) is 44.9 Å². The molecule has 1 aliphatic carbocycles. The Kier molecular flexibility index (Phi) is 3.68. The Labute approximate surface area is 117 Å². The molecule has 0 aromatic heterocycles. The van der Waals surface area contributed by atoms with Crippen molar-refractivity contribution in [2.45, 2.75) is 57.3 Å². The van der Waals surface area contributed by atoms with Crippen LogP contribution >= 0.6 is 0 Å². The van der Waals surface area contributed by atoms with E-state index in [4.69, 9.17) is 0 Å². The molecule has 3 rings (SSSR count). The van der Waals surface area contributed by atoms with Crippen LogP contribution in [-0.4, -0.2) is 12.3 Å². The van der Waals surface area contributed by atoms with Crippen molar-refractivity contribution in [3.05, 3.63) is 18.2 Å². The minimum atomic E-state index is -3.54. The molecule has 0 spiro atoms. The molecule has 1 aromatic carbocycles. The molecule has 0 bridgehead atoms. The standard InChI is InChI=1S/C15H19F2NO2/c16-15(17)19-13-9-8-12(10-14(13)20-15)18-11-6-4-2-1-3-5-7-11/h8-11,18H,1-7H2. The fraction of sp³-hybridized carbons (Fsp3) is 0.600. The van der Waals surface area contributed by atoms with Gasteiger partial charge in [-0.25, -0.2) is 0 Å². The first-order chi connectivity index (χ1) is 9.62. The number of nitrogens with one attached hydrogen (secondary N) is 1. The molecule has 0 atom stereocenters. The second-order valence-corrected chi connectivity index (χ2v) is 5.52. The summed E-state index contributed by atoms with van der Waals surface area (Å²) in [4.78, 5) is 0. The molecule has 1 aromatic rings. The van der Waals surface area contributed by atoms with E-state index in [0.717, 1.165) is 18.5 Å². The molecule has 5 heteroatoms.